The third-order valence-electron chi connectivity index (χ3n) is 4.11. The van der Waals surface area contributed by atoms with Gasteiger partial charge in [-0.3, -0.25) is 4.79 Å². The number of nitriles is 1. The molecule has 0 radical (unpaired) electrons. The van der Waals surface area contributed by atoms with Crippen LogP contribution in [0.1, 0.15) is 51.4 Å². The summed E-state index contributed by atoms with van der Waals surface area (Å²) in [7, 11) is 0. The summed E-state index contributed by atoms with van der Waals surface area (Å²) in [5.41, 5.74) is 0. The SMILES string of the molecule is N#CC1CCC(OC(=O)C2CCCCC2)CC1F. The number of nitrogens with zero attached hydrogens (tertiary/aromatic N) is 1. The molecule has 0 bridgehead atoms. The van der Waals surface area contributed by atoms with E-state index in [1.54, 1.807) is 0 Å². The van der Waals surface area contributed by atoms with Crippen molar-refractivity contribution in [2.45, 2.75) is 63.6 Å². The Balaban J connectivity index is 1.79. The third-order valence-corrected chi connectivity index (χ3v) is 4.11. The van der Waals surface area contributed by atoms with Gasteiger partial charge in [-0.1, -0.05) is 19.3 Å². The molecule has 18 heavy (non-hydrogen) atoms. The van der Waals surface area contributed by atoms with E-state index < -0.39 is 12.1 Å². The topological polar surface area (TPSA) is 50.1 Å². The highest BCUT2D eigenvalue weighted by Gasteiger charge is 2.34. The van der Waals surface area contributed by atoms with Crippen molar-refractivity contribution in [2.24, 2.45) is 11.8 Å². The van der Waals surface area contributed by atoms with E-state index in [9.17, 15) is 9.18 Å². The lowest BCUT2D eigenvalue weighted by atomic mass is 9.86. The van der Waals surface area contributed by atoms with Crippen molar-refractivity contribution in [3.05, 3.63) is 0 Å². The highest BCUT2D eigenvalue weighted by molar-refractivity contribution is 5.72. The Labute approximate surface area is 107 Å². The monoisotopic (exact) mass is 253 g/mol. The molecule has 3 unspecified atom stereocenters. The maximum absolute atomic E-state index is 13.6. The van der Waals surface area contributed by atoms with Crippen LogP contribution in [0.3, 0.4) is 0 Å². The summed E-state index contributed by atoms with van der Waals surface area (Å²) in [4.78, 5) is 11.9. The van der Waals surface area contributed by atoms with Crippen LogP contribution in [0.4, 0.5) is 4.39 Å². The number of ether oxygens (including phenoxy) is 1. The Morgan fingerprint density at radius 3 is 2.50 bits per heavy atom. The zero-order valence-electron chi connectivity index (χ0n) is 10.6. The smallest absolute Gasteiger partial charge is 0.309 e. The molecule has 100 valence electrons. The standard InChI is InChI=1S/C14H20FNO2/c15-13-8-12(7-6-11(13)9-16)18-14(17)10-4-2-1-3-5-10/h10-13H,1-8H2. The van der Waals surface area contributed by atoms with E-state index >= 15 is 0 Å². The van der Waals surface area contributed by atoms with Gasteiger partial charge in [-0.05, 0) is 25.7 Å². The van der Waals surface area contributed by atoms with Crippen LogP contribution in [0.2, 0.25) is 0 Å². The molecule has 0 aromatic carbocycles. The lowest BCUT2D eigenvalue weighted by Gasteiger charge is -2.29. The van der Waals surface area contributed by atoms with Gasteiger partial charge in [0.1, 0.15) is 12.3 Å². The van der Waals surface area contributed by atoms with Gasteiger partial charge in [0.2, 0.25) is 0 Å². The largest absolute Gasteiger partial charge is 0.462 e. The molecule has 0 heterocycles. The molecule has 0 saturated heterocycles. The second-order valence-electron chi connectivity index (χ2n) is 5.46. The first kappa shape index (κ1) is 13.3. The molecule has 0 amide bonds. The minimum Gasteiger partial charge on any atom is -0.462 e. The Kier molecular flexibility index (Phi) is 4.57. The first-order valence-electron chi connectivity index (χ1n) is 6.95. The van der Waals surface area contributed by atoms with Crippen molar-refractivity contribution in [1.29, 1.82) is 5.26 Å². The molecule has 0 aromatic rings. The second kappa shape index (κ2) is 6.17. The normalized spacial score (nSPS) is 33.7. The predicted molar refractivity (Wildman–Crippen MR) is 64.3 cm³/mol. The van der Waals surface area contributed by atoms with Gasteiger partial charge in [0, 0.05) is 6.42 Å². The van der Waals surface area contributed by atoms with Crippen LogP contribution in [0.25, 0.3) is 0 Å². The van der Waals surface area contributed by atoms with Crippen LogP contribution >= 0.6 is 0 Å². The Morgan fingerprint density at radius 2 is 1.89 bits per heavy atom. The Morgan fingerprint density at radius 1 is 1.17 bits per heavy atom. The number of hydrogen-bond acceptors (Lipinski definition) is 3. The van der Waals surface area contributed by atoms with E-state index in [1.165, 1.54) is 6.42 Å². The molecule has 3 atom stereocenters. The van der Waals surface area contributed by atoms with Gasteiger partial charge in [0.15, 0.2) is 0 Å². The van der Waals surface area contributed by atoms with Crippen LogP contribution in [-0.4, -0.2) is 18.2 Å². The first-order valence-corrected chi connectivity index (χ1v) is 6.95. The molecule has 0 aliphatic heterocycles. The summed E-state index contributed by atoms with van der Waals surface area (Å²) in [6.45, 7) is 0. The number of rotatable bonds is 2. The predicted octanol–water partition coefficient (Wildman–Crippen LogP) is 3.14. The molecule has 0 aromatic heterocycles. The van der Waals surface area contributed by atoms with Crippen molar-refractivity contribution < 1.29 is 13.9 Å². The second-order valence-corrected chi connectivity index (χ2v) is 5.46. The highest BCUT2D eigenvalue weighted by atomic mass is 19.1. The fourth-order valence-corrected chi connectivity index (χ4v) is 2.93. The van der Waals surface area contributed by atoms with Crippen LogP contribution in [-0.2, 0) is 9.53 Å². The quantitative estimate of drug-likeness (QED) is 0.710. The van der Waals surface area contributed by atoms with Crippen molar-refractivity contribution in [1.82, 2.24) is 0 Å². The van der Waals surface area contributed by atoms with E-state index in [0.717, 1.165) is 25.7 Å². The fraction of sp³-hybridized carbons (Fsp3) is 0.857. The summed E-state index contributed by atoms with van der Waals surface area (Å²) < 4.78 is 19.0. The van der Waals surface area contributed by atoms with Crippen molar-refractivity contribution in [3.8, 4) is 6.07 Å². The van der Waals surface area contributed by atoms with E-state index in [1.807, 2.05) is 6.07 Å². The van der Waals surface area contributed by atoms with Crippen molar-refractivity contribution >= 4 is 5.97 Å². The number of carbonyl (C=O) groups is 1. The molecule has 0 spiro atoms. The van der Waals surface area contributed by atoms with Crippen LogP contribution in [0.15, 0.2) is 0 Å². The molecule has 2 fully saturated rings. The molecule has 0 N–H and O–H groups in total. The van der Waals surface area contributed by atoms with Gasteiger partial charge < -0.3 is 4.74 Å². The average Bonchev–Trinajstić information content (AvgIpc) is 2.40. The van der Waals surface area contributed by atoms with E-state index in [-0.39, 0.29) is 24.4 Å². The summed E-state index contributed by atoms with van der Waals surface area (Å²) in [6, 6.07) is 1.98. The maximum atomic E-state index is 13.6. The summed E-state index contributed by atoms with van der Waals surface area (Å²) in [5.74, 6) is -0.651. The number of alkyl halides is 1. The Bertz CT molecular complexity index is 333. The fourth-order valence-electron chi connectivity index (χ4n) is 2.93. The zero-order valence-corrected chi connectivity index (χ0v) is 10.6. The van der Waals surface area contributed by atoms with Crippen molar-refractivity contribution in [2.75, 3.05) is 0 Å². The van der Waals surface area contributed by atoms with Crippen LogP contribution < -0.4 is 0 Å². The number of halogens is 1. The molecule has 2 aliphatic rings. The summed E-state index contributed by atoms with van der Waals surface area (Å²) in [5, 5.41) is 8.74. The lowest BCUT2D eigenvalue weighted by molar-refractivity contribution is -0.158. The molecule has 2 rings (SSSR count). The van der Waals surface area contributed by atoms with E-state index in [2.05, 4.69) is 0 Å². The summed E-state index contributed by atoms with van der Waals surface area (Å²) >= 11 is 0. The average molecular weight is 253 g/mol. The van der Waals surface area contributed by atoms with Gasteiger partial charge >= 0.3 is 5.97 Å². The molecule has 2 aliphatic carbocycles. The van der Waals surface area contributed by atoms with E-state index in [4.69, 9.17) is 10.00 Å². The van der Waals surface area contributed by atoms with Gasteiger partial charge in [0.25, 0.3) is 0 Å². The maximum Gasteiger partial charge on any atom is 0.309 e. The number of esters is 1. The molecule has 3 nitrogen and oxygen atoms in total. The number of carbonyl (C=O) groups excluding carboxylic acids is 1. The van der Waals surface area contributed by atoms with Gasteiger partial charge in [-0.15, -0.1) is 0 Å². The minimum absolute atomic E-state index is 0.0190. The van der Waals surface area contributed by atoms with Gasteiger partial charge in [-0.25, -0.2) is 4.39 Å². The van der Waals surface area contributed by atoms with Crippen molar-refractivity contribution in [3.63, 3.8) is 0 Å². The lowest BCUT2D eigenvalue weighted by Crippen LogP contribution is -2.33. The van der Waals surface area contributed by atoms with E-state index in [0.29, 0.717) is 12.8 Å². The zero-order chi connectivity index (χ0) is 13.0. The summed E-state index contributed by atoms with van der Waals surface area (Å²) in [6.07, 6.45) is 5.04. The molecule has 2 saturated carbocycles. The number of hydrogen-bond donors (Lipinski definition) is 0. The highest BCUT2D eigenvalue weighted by Crippen LogP contribution is 2.31. The molecular formula is C14H20FNO2. The first-order chi connectivity index (χ1) is 8.70. The Hall–Kier alpha value is -1.11. The van der Waals surface area contributed by atoms with Gasteiger partial charge in [0.05, 0.1) is 17.9 Å². The molecule has 4 heteroatoms. The third kappa shape index (κ3) is 3.22. The van der Waals surface area contributed by atoms with Crippen LogP contribution in [0, 0.1) is 23.2 Å². The molecular weight excluding hydrogens is 233 g/mol. The van der Waals surface area contributed by atoms with Crippen LogP contribution in [0.5, 0.6) is 0 Å². The van der Waals surface area contributed by atoms with Gasteiger partial charge in [-0.2, -0.15) is 5.26 Å². The minimum atomic E-state index is -1.15.